The van der Waals surface area contributed by atoms with E-state index in [2.05, 4.69) is 4.98 Å². The van der Waals surface area contributed by atoms with E-state index in [0.717, 1.165) is 6.29 Å². The second-order valence-electron chi connectivity index (χ2n) is 1.43. The van der Waals surface area contributed by atoms with Gasteiger partial charge in [0.05, 0.1) is 12.9 Å². The van der Waals surface area contributed by atoms with Crippen LogP contribution in [0.3, 0.4) is 0 Å². The molecule has 0 aliphatic heterocycles. The first-order chi connectivity index (χ1) is 3.93. The first kappa shape index (κ1) is 5.03. The van der Waals surface area contributed by atoms with Gasteiger partial charge in [0.2, 0.25) is 0 Å². The minimum absolute atomic E-state index is 0.403. The van der Waals surface area contributed by atoms with Crippen LogP contribution in [0.4, 0.5) is 0 Å². The first-order valence-electron chi connectivity index (χ1n) is 2.33. The Morgan fingerprint density at radius 1 is 1.75 bits per heavy atom. The molecule has 42 valence electrons. The number of hydrogen-bond donors (Lipinski definition) is 0. The maximum atomic E-state index is 9.82. The van der Waals surface area contributed by atoms with E-state index in [9.17, 15) is 4.79 Å². The number of rotatable bonds is 2. The topological polar surface area (TPSA) is 34.9 Å². The van der Waals surface area contributed by atoms with Crippen molar-refractivity contribution in [3.8, 4) is 0 Å². The van der Waals surface area contributed by atoms with Gasteiger partial charge < -0.3 is 9.36 Å². The summed E-state index contributed by atoms with van der Waals surface area (Å²) >= 11 is 0. The van der Waals surface area contributed by atoms with Crippen molar-refractivity contribution in [3.05, 3.63) is 18.7 Å². The highest BCUT2D eigenvalue weighted by molar-refractivity contribution is 5.48. The summed E-state index contributed by atoms with van der Waals surface area (Å²) in [5, 5.41) is 0. The number of carbonyl (C=O) groups is 1. The third-order valence-corrected chi connectivity index (χ3v) is 0.845. The number of nitrogens with zero attached hydrogens (tertiary/aromatic N) is 2. The van der Waals surface area contributed by atoms with Crippen molar-refractivity contribution in [1.82, 2.24) is 9.55 Å². The smallest absolute Gasteiger partial charge is 0.139 e. The number of imidazole rings is 1. The number of aldehydes is 1. The van der Waals surface area contributed by atoms with Gasteiger partial charge in [-0.2, -0.15) is 0 Å². The van der Waals surface area contributed by atoms with Gasteiger partial charge >= 0.3 is 0 Å². The molecular weight excluding hydrogens is 104 g/mol. The highest BCUT2D eigenvalue weighted by Crippen LogP contribution is 1.80. The second kappa shape index (κ2) is 2.26. The Kier molecular flexibility index (Phi) is 1.42. The standard InChI is InChI=1S/C5H6N2O/c8-4-3-7-2-1-6-5-7/h1-2,4-5H,3H2. The van der Waals surface area contributed by atoms with Crippen molar-refractivity contribution in [2.45, 2.75) is 6.54 Å². The van der Waals surface area contributed by atoms with Crippen molar-refractivity contribution >= 4 is 6.29 Å². The van der Waals surface area contributed by atoms with E-state index in [1.54, 1.807) is 23.3 Å². The average molecular weight is 110 g/mol. The largest absolute Gasteiger partial charge is 0.330 e. The van der Waals surface area contributed by atoms with Gasteiger partial charge in [-0.05, 0) is 0 Å². The molecule has 0 radical (unpaired) electrons. The van der Waals surface area contributed by atoms with E-state index in [1.165, 1.54) is 0 Å². The molecule has 1 heterocycles. The summed E-state index contributed by atoms with van der Waals surface area (Å²) in [4.78, 5) is 13.6. The van der Waals surface area contributed by atoms with Crippen LogP contribution in [0.1, 0.15) is 0 Å². The number of carbonyl (C=O) groups excluding carboxylic acids is 1. The van der Waals surface area contributed by atoms with Crippen LogP contribution in [0, 0.1) is 0 Å². The third kappa shape index (κ3) is 0.932. The van der Waals surface area contributed by atoms with E-state index in [1.807, 2.05) is 0 Å². The summed E-state index contributed by atoms with van der Waals surface area (Å²) in [5.74, 6) is 0. The van der Waals surface area contributed by atoms with Gasteiger partial charge in [-0.25, -0.2) is 4.98 Å². The summed E-state index contributed by atoms with van der Waals surface area (Å²) in [5.41, 5.74) is 0. The lowest BCUT2D eigenvalue weighted by atomic mass is 10.7. The van der Waals surface area contributed by atoms with Gasteiger partial charge in [-0.15, -0.1) is 0 Å². The fourth-order valence-corrected chi connectivity index (χ4v) is 0.481. The first-order valence-corrected chi connectivity index (χ1v) is 2.33. The van der Waals surface area contributed by atoms with E-state index >= 15 is 0 Å². The van der Waals surface area contributed by atoms with Crippen molar-refractivity contribution in [2.75, 3.05) is 0 Å². The Labute approximate surface area is 47.0 Å². The maximum Gasteiger partial charge on any atom is 0.139 e. The van der Waals surface area contributed by atoms with E-state index in [0.29, 0.717) is 6.54 Å². The van der Waals surface area contributed by atoms with Crippen molar-refractivity contribution in [3.63, 3.8) is 0 Å². The molecule has 1 aromatic heterocycles. The average Bonchev–Trinajstić information content (AvgIpc) is 2.19. The summed E-state index contributed by atoms with van der Waals surface area (Å²) in [6.45, 7) is 0.403. The van der Waals surface area contributed by atoms with Gasteiger partial charge in [-0.1, -0.05) is 0 Å². The molecule has 1 aromatic rings. The highest BCUT2D eigenvalue weighted by atomic mass is 16.1. The molecule has 1 rings (SSSR count). The zero-order valence-corrected chi connectivity index (χ0v) is 4.32. The van der Waals surface area contributed by atoms with Gasteiger partial charge in [0.15, 0.2) is 0 Å². The lowest BCUT2D eigenvalue weighted by Gasteiger charge is -1.87. The Hall–Kier alpha value is -1.12. The third-order valence-electron chi connectivity index (χ3n) is 0.845. The Morgan fingerprint density at radius 2 is 2.62 bits per heavy atom. The monoisotopic (exact) mass is 110 g/mol. The fourth-order valence-electron chi connectivity index (χ4n) is 0.481. The highest BCUT2D eigenvalue weighted by Gasteiger charge is 1.81. The molecule has 0 aliphatic carbocycles. The van der Waals surface area contributed by atoms with Crippen LogP contribution in [0.15, 0.2) is 18.7 Å². The lowest BCUT2D eigenvalue weighted by molar-refractivity contribution is -0.108. The van der Waals surface area contributed by atoms with E-state index < -0.39 is 0 Å². The SMILES string of the molecule is O=CCn1ccnc1. The molecule has 0 bridgehead atoms. The molecule has 0 aliphatic rings. The molecule has 3 heteroatoms. The predicted octanol–water partition coefficient (Wildman–Crippen LogP) is 0.0820. The molecule has 0 spiro atoms. The maximum absolute atomic E-state index is 9.82. The minimum atomic E-state index is 0.403. The van der Waals surface area contributed by atoms with Gasteiger partial charge in [0.1, 0.15) is 6.29 Å². The lowest BCUT2D eigenvalue weighted by Crippen LogP contribution is -1.93. The molecule has 0 fully saturated rings. The Bertz CT molecular complexity index is 157. The minimum Gasteiger partial charge on any atom is -0.330 e. The number of hydrogen-bond acceptors (Lipinski definition) is 2. The Balaban J connectivity index is 2.62. The molecule has 0 atom stereocenters. The van der Waals surface area contributed by atoms with Crippen LogP contribution in [0.25, 0.3) is 0 Å². The molecule has 8 heavy (non-hydrogen) atoms. The van der Waals surface area contributed by atoms with Crippen molar-refractivity contribution in [2.24, 2.45) is 0 Å². The van der Waals surface area contributed by atoms with E-state index in [-0.39, 0.29) is 0 Å². The number of aromatic nitrogens is 2. The predicted molar refractivity (Wildman–Crippen MR) is 28.3 cm³/mol. The van der Waals surface area contributed by atoms with Crippen LogP contribution in [-0.4, -0.2) is 15.8 Å². The molecule has 0 aromatic carbocycles. The van der Waals surface area contributed by atoms with Crippen molar-refractivity contribution in [1.29, 1.82) is 0 Å². The molecular formula is C5H6N2O. The van der Waals surface area contributed by atoms with Gasteiger partial charge in [0.25, 0.3) is 0 Å². The van der Waals surface area contributed by atoms with Crippen LogP contribution < -0.4 is 0 Å². The molecule has 0 N–H and O–H groups in total. The van der Waals surface area contributed by atoms with Crippen LogP contribution in [-0.2, 0) is 11.3 Å². The molecule has 0 unspecified atom stereocenters. The zero-order chi connectivity index (χ0) is 5.82. The summed E-state index contributed by atoms with van der Waals surface area (Å²) in [7, 11) is 0. The summed E-state index contributed by atoms with van der Waals surface area (Å²) in [6, 6.07) is 0. The van der Waals surface area contributed by atoms with E-state index in [4.69, 9.17) is 0 Å². The molecule has 0 saturated heterocycles. The van der Waals surface area contributed by atoms with Gasteiger partial charge in [-0.3, -0.25) is 0 Å². The van der Waals surface area contributed by atoms with Crippen LogP contribution in [0.2, 0.25) is 0 Å². The Morgan fingerprint density at radius 3 is 3.12 bits per heavy atom. The summed E-state index contributed by atoms with van der Waals surface area (Å²) in [6.07, 6.45) is 5.83. The molecule has 0 amide bonds. The quantitative estimate of drug-likeness (QED) is 0.505. The fraction of sp³-hybridized carbons (Fsp3) is 0.200. The molecule has 3 nitrogen and oxygen atoms in total. The van der Waals surface area contributed by atoms with Crippen molar-refractivity contribution < 1.29 is 4.79 Å². The van der Waals surface area contributed by atoms with Crippen LogP contribution >= 0.6 is 0 Å². The zero-order valence-electron chi connectivity index (χ0n) is 4.32. The van der Waals surface area contributed by atoms with Crippen LogP contribution in [0.5, 0.6) is 0 Å². The summed E-state index contributed by atoms with van der Waals surface area (Å²) < 4.78 is 1.70. The van der Waals surface area contributed by atoms with Gasteiger partial charge in [0, 0.05) is 12.4 Å². The second-order valence-corrected chi connectivity index (χ2v) is 1.43. The molecule has 0 saturated carbocycles. The normalized spacial score (nSPS) is 9.00.